The highest BCUT2D eigenvalue weighted by Gasteiger charge is 2.35. The lowest BCUT2D eigenvalue weighted by molar-refractivity contribution is -0.0757. The fourth-order valence-electron chi connectivity index (χ4n) is 2.19. The van der Waals surface area contributed by atoms with Crippen LogP contribution in [0.15, 0.2) is 0 Å². The van der Waals surface area contributed by atoms with E-state index in [4.69, 9.17) is 11.2 Å². The summed E-state index contributed by atoms with van der Waals surface area (Å²) in [5, 5.41) is 0. The first-order valence-electron chi connectivity index (χ1n) is 6.58. The van der Waals surface area contributed by atoms with Crippen LogP contribution in [-0.2, 0) is 4.74 Å². The Balaban J connectivity index is 2.36. The van der Waals surface area contributed by atoms with Crippen LogP contribution in [0.3, 0.4) is 0 Å². The minimum Gasteiger partial charge on any atom is -0.359 e. The lowest BCUT2D eigenvalue weighted by Gasteiger charge is -2.30. The molecule has 1 nitrogen and oxygen atoms in total. The zero-order valence-corrected chi connectivity index (χ0v) is 10.5. The lowest BCUT2D eigenvalue weighted by atomic mass is 9.94. The fraction of sp³-hybridized carbons (Fsp3) is 0.857. The Morgan fingerprint density at radius 3 is 2.76 bits per heavy atom. The number of terminal acetylenes is 1. The lowest BCUT2D eigenvalue weighted by Crippen LogP contribution is -2.39. The van der Waals surface area contributed by atoms with Crippen molar-refractivity contribution >= 4 is 0 Å². The van der Waals surface area contributed by atoms with E-state index in [1.807, 2.05) is 0 Å². The van der Waals surface area contributed by atoms with Crippen LogP contribution in [0.1, 0.15) is 51.9 Å². The summed E-state index contributed by atoms with van der Waals surface area (Å²) < 4.78 is 32.3. The second-order valence-corrected chi connectivity index (χ2v) is 4.72. The van der Waals surface area contributed by atoms with Crippen LogP contribution in [0.5, 0.6) is 0 Å². The van der Waals surface area contributed by atoms with E-state index in [0.717, 1.165) is 25.7 Å². The molecular weight excluding hydrogens is 222 g/mol. The summed E-state index contributed by atoms with van der Waals surface area (Å²) in [6.45, 7) is 2.11. The van der Waals surface area contributed by atoms with E-state index in [1.54, 1.807) is 0 Å². The van der Waals surface area contributed by atoms with Gasteiger partial charge in [-0.1, -0.05) is 25.7 Å². The summed E-state index contributed by atoms with van der Waals surface area (Å²) in [7, 11) is 0. The summed E-state index contributed by atoms with van der Waals surface area (Å²) >= 11 is 0. The molecule has 4 atom stereocenters. The summed E-state index contributed by atoms with van der Waals surface area (Å²) in [6.07, 6.45) is 6.93. The van der Waals surface area contributed by atoms with Crippen LogP contribution in [0.4, 0.5) is 8.78 Å². The molecule has 98 valence electrons. The van der Waals surface area contributed by atoms with Crippen LogP contribution >= 0.6 is 0 Å². The largest absolute Gasteiger partial charge is 0.359 e. The molecule has 0 aromatic heterocycles. The molecule has 0 aromatic carbocycles. The van der Waals surface area contributed by atoms with E-state index >= 15 is 0 Å². The Morgan fingerprint density at radius 1 is 1.35 bits per heavy atom. The maximum Gasteiger partial charge on any atom is 0.157 e. The van der Waals surface area contributed by atoms with Crippen LogP contribution < -0.4 is 0 Å². The SMILES string of the molecule is C#CC(CCCCC)OC1CCCC(F)C1F. The molecule has 4 unspecified atom stereocenters. The number of unbranched alkanes of at least 4 members (excludes halogenated alkanes) is 2. The van der Waals surface area contributed by atoms with Gasteiger partial charge in [-0.15, -0.1) is 6.42 Å². The van der Waals surface area contributed by atoms with Gasteiger partial charge in [0.25, 0.3) is 0 Å². The molecule has 17 heavy (non-hydrogen) atoms. The Morgan fingerprint density at radius 2 is 2.12 bits per heavy atom. The zero-order valence-electron chi connectivity index (χ0n) is 10.5. The molecule has 0 spiro atoms. The van der Waals surface area contributed by atoms with Crippen LogP contribution in [-0.4, -0.2) is 24.6 Å². The highest BCUT2D eigenvalue weighted by atomic mass is 19.2. The molecule has 1 fully saturated rings. The van der Waals surface area contributed by atoms with Crippen molar-refractivity contribution in [1.82, 2.24) is 0 Å². The maximum atomic E-state index is 13.6. The van der Waals surface area contributed by atoms with Gasteiger partial charge >= 0.3 is 0 Å². The number of ether oxygens (including phenoxy) is 1. The van der Waals surface area contributed by atoms with Gasteiger partial charge in [-0.05, 0) is 32.1 Å². The first-order valence-corrected chi connectivity index (χ1v) is 6.58. The minimum atomic E-state index is -1.51. The van der Waals surface area contributed by atoms with E-state index in [9.17, 15) is 8.78 Å². The maximum absolute atomic E-state index is 13.6. The predicted molar refractivity (Wildman–Crippen MR) is 65.3 cm³/mol. The second kappa shape index (κ2) is 7.66. The Labute approximate surface area is 103 Å². The van der Waals surface area contributed by atoms with Crippen molar-refractivity contribution in [2.45, 2.75) is 76.4 Å². The van der Waals surface area contributed by atoms with E-state index in [0.29, 0.717) is 19.3 Å². The Bertz CT molecular complexity index is 249. The van der Waals surface area contributed by atoms with Gasteiger partial charge in [0.1, 0.15) is 12.3 Å². The normalized spacial score (nSPS) is 30.8. The van der Waals surface area contributed by atoms with Crippen molar-refractivity contribution in [3.63, 3.8) is 0 Å². The van der Waals surface area contributed by atoms with Gasteiger partial charge in [0.2, 0.25) is 0 Å². The minimum absolute atomic E-state index is 0.303. The van der Waals surface area contributed by atoms with Crippen molar-refractivity contribution < 1.29 is 13.5 Å². The van der Waals surface area contributed by atoms with Gasteiger partial charge in [-0.25, -0.2) is 8.78 Å². The number of hydrogen-bond donors (Lipinski definition) is 0. The van der Waals surface area contributed by atoms with Crippen molar-refractivity contribution in [1.29, 1.82) is 0 Å². The van der Waals surface area contributed by atoms with Crippen LogP contribution in [0.2, 0.25) is 0 Å². The van der Waals surface area contributed by atoms with E-state index in [1.165, 1.54) is 0 Å². The average molecular weight is 244 g/mol. The molecule has 0 radical (unpaired) electrons. The van der Waals surface area contributed by atoms with Gasteiger partial charge < -0.3 is 4.74 Å². The molecule has 0 N–H and O–H groups in total. The monoisotopic (exact) mass is 244 g/mol. The van der Waals surface area contributed by atoms with E-state index in [-0.39, 0.29) is 6.10 Å². The fourth-order valence-corrected chi connectivity index (χ4v) is 2.19. The highest BCUT2D eigenvalue weighted by Crippen LogP contribution is 2.28. The number of alkyl halides is 2. The predicted octanol–water partition coefficient (Wildman–Crippen LogP) is 3.81. The first kappa shape index (κ1) is 14.4. The number of hydrogen-bond acceptors (Lipinski definition) is 1. The molecule has 0 aliphatic heterocycles. The van der Waals surface area contributed by atoms with Gasteiger partial charge in [0, 0.05) is 0 Å². The average Bonchev–Trinajstić information content (AvgIpc) is 2.33. The summed E-state index contributed by atoms with van der Waals surface area (Å²) in [5.74, 6) is 2.53. The van der Waals surface area contributed by atoms with Crippen LogP contribution in [0, 0.1) is 12.3 Å². The molecule has 1 rings (SSSR count). The molecule has 0 saturated heterocycles. The molecule has 1 saturated carbocycles. The first-order chi connectivity index (χ1) is 8.19. The summed E-state index contributed by atoms with van der Waals surface area (Å²) in [6, 6.07) is 0. The topological polar surface area (TPSA) is 9.23 Å². The summed E-state index contributed by atoms with van der Waals surface area (Å²) in [4.78, 5) is 0. The molecular formula is C14H22F2O. The highest BCUT2D eigenvalue weighted by molar-refractivity contribution is 4.96. The Hall–Kier alpha value is -0.620. The van der Waals surface area contributed by atoms with Gasteiger partial charge in [-0.3, -0.25) is 0 Å². The standard InChI is InChI=1S/C14H22F2O/c1-3-5-6-8-11(4-2)17-13-10-7-9-12(15)14(13)16/h2,11-14H,3,5-10H2,1H3. The molecule has 0 aromatic rings. The van der Waals surface area contributed by atoms with Crippen molar-refractivity contribution in [3.8, 4) is 12.3 Å². The number of rotatable bonds is 6. The number of halogens is 2. The molecule has 0 bridgehead atoms. The van der Waals surface area contributed by atoms with Crippen LogP contribution in [0.25, 0.3) is 0 Å². The molecule has 1 aliphatic carbocycles. The zero-order chi connectivity index (χ0) is 12.7. The molecule has 1 aliphatic rings. The van der Waals surface area contributed by atoms with Crippen molar-refractivity contribution in [2.75, 3.05) is 0 Å². The smallest absolute Gasteiger partial charge is 0.157 e. The molecule has 3 heteroatoms. The van der Waals surface area contributed by atoms with Crippen molar-refractivity contribution in [3.05, 3.63) is 0 Å². The third-order valence-electron chi connectivity index (χ3n) is 3.26. The second-order valence-electron chi connectivity index (χ2n) is 4.72. The quantitative estimate of drug-likeness (QED) is 0.510. The molecule has 0 heterocycles. The van der Waals surface area contributed by atoms with Gasteiger partial charge in [0.05, 0.1) is 6.10 Å². The van der Waals surface area contributed by atoms with Crippen molar-refractivity contribution in [2.24, 2.45) is 0 Å². The van der Waals surface area contributed by atoms with Gasteiger partial charge in [-0.2, -0.15) is 0 Å². The Kier molecular flexibility index (Phi) is 6.50. The summed E-state index contributed by atoms with van der Waals surface area (Å²) in [5.41, 5.74) is 0. The third-order valence-corrected chi connectivity index (χ3v) is 3.26. The third kappa shape index (κ3) is 4.63. The van der Waals surface area contributed by atoms with E-state index < -0.39 is 18.4 Å². The van der Waals surface area contributed by atoms with E-state index in [2.05, 4.69) is 12.8 Å². The van der Waals surface area contributed by atoms with Gasteiger partial charge in [0.15, 0.2) is 6.17 Å². The molecule has 0 amide bonds.